The average Bonchev–Trinajstić information content (AvgIpc) is 2.35. The van der Waals surface area contributed by atoms with Gasteiger partial charge in [-0.15, -0.1) is 0 Å². The summed E-state index contributed by atoms with van der Waals surface area (Å²) in [5.41, 5.74) is 7.55. The molecule has 0 atom stereocenters. The van der Waals surface area contributed by atoms with Gasteiger partial charge < -0.3 is 5.73 Å². The Hall–Kier alpha value is -1.07. The van der Waals surface area contributed by atoms with Crippen molar-refractivity contribution in [3.05, 3.63) is 29.8 Å². The molecule has 0 spiro atoms. The number of rotatable bonds is 6. The minimum atomic E-state index is -3.06. The van der Waals surface area contributed by atoms with Crippen LogP contribution in [0.15, 0.2) is 24.3 Å². The Bertz CT molecular complexity index is 516. The molecule has 1 aromatic carbocycles. The van der Waals surface area contributed by atoms with Crippen molar-refractivity contribution in [3.63, 3.8) is 0 Å². The second-order valence-electron chi connectivity index (χ2n) is 6.04. The molecule has 0 bridgehead atoms. The van der Waals surface area contributed by atoms with E-state index in [-0.39, 0.29) is 5.75 Å². The van der Waals surface area contributed by atoms with Crippen molar-refractivity contribution in [3.8, 4) is 0 Å². The van der Waals surface area contributed by atoms with E-state index in [0.29, 0.717) is 6.54 Å². The minimum absolute atomic E-state index is 0.194. The van der Waals surface area contributed by atoms with Crippen LogP contribution in [-0.4, -0.2) is 36.9 Å². The predicted octanol–water partition coefficient (Wildman–Crippen LogP) is 2.30. The predicted molar refractivity (Wildman–Crippen MR) is 85.3 cm³/mol. The summed E-state index contributed by atoms with van der Waals surface area (Å²) in [4.78, 5) is 2.13. The molecular formula is C15H26N2O2S. The lowest BCUT2D eigenvalue weighted by atomic mass is 10.2. The molecular weight excluding hydrogens is 272 g/mol. The third-order valence-corrected chi connectivity index (χ3v) is 6.03. The lowest BCUT2D eigenvalue weighted by Crippen LogP contribution is -2.36. The molecule has 0 heterocycles. The molecule has 4 nitrogen and oxygen atoms in total. The van der Waals surface area contributed by atoms with Crippen LogP contribution in [0.3, 0.4) is 0 Å². The van der Waals surface area contributed by atoms with Crippen molar-refractivity contribution in [1.29, 1.82) is 0 Å². The summed E-state index contributed by atoms with van der Waals surface area (Å²) in [6.07, 6.45) is 0. The van der Waals surface area contributed by atoms with E-state index >= 15 is 0 Å². The maximum Gasteiger partial charge on any atom is 0.156 e. The second-order valence-corrected chi connectivity index (χ2v) is 8.90. The van der Waals surface area contributed by atoms with Crippen LogP contribution in [0.4, 0.5) is 5.69 Å². The molecule has 114 valence electrons. The Labute approximate surface area is 122 Å². The number of nitrogens with zero attached hydrogens (tertiary/aromatic N) is 1. The quantitative estimate of drug-likeness (QED) is 0.819. The first-order valence-corrected chi connectivity index (χ1v) is 8.60. The summed E-state index contributed by atoms with van der Waals surface area (Å²) in [7, 11) is -3.06. The number of sulfone groups is 1. The van der Waals surface area contributed by atoms with Gasteiger partial charge in [0.1, 0.15) is 0 Å². The van der Waals surface area contributed by atoms with Crippen LogP contribution in [0.5, 0.6) is 0 Å². The summed E-state index contributed by atoms with van der Waals surface area (Å²) in [6.45, 7) is 9.41. The molecule has 0 aromatic heterocycles. The van der Waals surface area contributed by atoms with Gasteiger partial charge in [-0.25, -0.2) is 8.42 Å². The topological polar surface area (TPSA) is 63.4 Å². The van der Waals surface area contributed by atoms with E-state index in [9.17, 15) is 8.42 Å². The molecule has 0 aliphatic carbocycles. The first-order valence-electron chi connectivity index (χ1n) is 6.95. The molecule has 0 aliphatic heterocycles. The van der Waals surface area contributed by atoms with Crippen LogP contribution >= 0.6 is 0 Å². The fraction of sp³-hybridized carbons (Fsp3) is 0.600. The van der Waals surface area contributed by atoms with Crippen molar-refractivity contribution < 1.29 is 8.42 Å². The number of anilines is 1. The van der Waals surface area contributed by atoms with E-state index in [1.54, 1.807) is 20.8 Å². The Kier molecular flexibility index (Phi) is 5.59. The lowest BCUT2D eigenvalue weighted by molar-refractivity contribution is 0.296. The Morgan fingerprint density at radius 1 is 1.15 bits per heavy atom. The number of benzene rings is 1. The van der Waals surface area contributed by atoms with E-state index in [0.717, 1.165) is 24.3 Å². The highest BCUT2D eigenvalue weighted by Gasteiger charge is 2.28. The highest BCUT2D eigenvalue weighted by atomic mass is 32.2. The van der Waals surface area contributed by atoms with Gasteiger partial charge in [-0.05, 0) is 45.0 Å². The van der Waals surface area contributed by atoms with Crippen LogP contribution < -0.4 is 5.73 Å². The maximum absolute atomic E-state index is 12.1. The SMILES string of the molecule is CCN(CCS(=O)(=O)C(C)(C)C)Cc1ccc(N)cc1. The van der Waals surface area contributed by atoms with Gasteiger partial charge in [0.05, 0.1) is 10.5 Å². The first kappa shape index (κ1) is 17.0. The third-order valence-electron chi connectivity index (χ3n) is 3.44. The maximum atomic E-state index is 12.1. The van der Waals surface area contributed by atoms with E-state index in [1.807, 2.05) is 31.2 Å². The van der Waals surface area contributed by atoms with E-state index < -0.39 is 14.6 Å². The van der Waals surface area contributed by atoms with Gasteiger partial charge in [0, 0.05) is 18.8 Å². The molecule has 0 saturated heterocycles. The lowest BCUT2D eigenvalue weighted by Gasteiger charge is -2.24. The van der Waals surface area contributed by atoms with Crippen LogP contribution in [0.2, 0.25) is 0 Å². The van der Waals surface area contributed by atoms with E-state index in [1.165, 1.54) is 0 Å². The van der Waals surface area contributed by atoms with Crippen LogP contribution in [-0.2, 0) is 16.4 Å². The Balaban J connectivity index is 2.63. The largest absolute Gasteiger partial charge is 0.399 e. The molecule has 5 heteroatoms. The third kappa shape index (κ3) is 4.80. The normalized spacial score (nSPS) is 12.8. The van der Waals surface area contributed by atoms with Crippen LogP contribution in [0.1, 0.15) is 33.3 Å². The van der Waals surface area contributed by atoms with Gasteiger partial charge in [0.15, 0.2) is 9.84 Å². The average molecular weight is 298 g/mol. The second kappa shape index (κ2) is 6.59. The molecule has 20 heavy (non-hydrogen) atoms. The Morgan fingerprint density at radius 2 is 1.70 bits per heavy atom. The fourth-order valence-electron chi connectivity index (χ4n) is 1.79. The summed E-state index contributed by atoms with van der Waals surface area (Å²) < 4.78 is 23.6. The molecule has 0 radical (unpaired) electrons. The van der Waals surface area contributed by atoms with Crippen molar-refractivity contribution in [1.82, 2.24) is 4.90 Å². The molecule has 1 aromatic rings. The van der Waals surface area contributed by atoms with E-state index in [4.69, 9.17) is 5.73 Å². The van der Waals surface area contributed by atoms with Crippen molar-refractivity contribution >= 4 is 15.5 Å². The van der Waals surface area contributed by atoms with Crippen molar-refractivity contribution in [2.24, 2.45) is 0 Å². The summed E-state index contributed by atoms with van der Waals surface area (Å²) >= 11 is 0. The van der Waals surface area contributed by atoms with Gasteiger partial charge >= 0.3 is 0 Å². The van der Waals surface area contributed by atoms with Crippen LogP contribution in [0.25, 0.3) is 0 Å². The summed E-state index contributed by atoms with van der Waals surface area (Å²) in [5.74, 6) is 0.194. The smallest absolute Gasteiger partial charge is 0.156 e. The zero-order valence-electron chi connectivity index (χ0n) is 12.9. The van der Waals surface area contributed by atoms with Gasteiger partial charge in [-0.1, -0.05) is 19.1 Å². The zero-order valence-corrected chi connectivity index (χ0v) is 13.7. The summed E-state index contributed by atoms with van der Waals surface area (Å²) in [6, 6.07) is 7.71. The monoisotopic (exact) mass is 298 g/mol. The van der Waals surface area contributed by atoms with Gasteiger partial charge in [-0.3, -0.25) is 4.90 Å². The fourth-order valence-corrected chi connectivity index (χ4v) is 2.90. The molecule has 0 saturated carbocycles. The highest BCUT2D eigenvalue weighted by molar-refractivity contribution is 7.92. The number of hydrogen-bond acceptors (Lipinski definition) is 4. The molecule has 0 unspecified atom stereocenters. The summed E-state index contributed by atoms with van der Waals surface area (Å²) in [5, 5.41) is 0. The van der Waals surface area contributed by atoms with Crippen molar-refractivity contribution in [2.75, 3.05) is 24.6 Å². The molecule has 0 amide bonds. The highest BCUT2D eigenvalue weighted by Crippen LogP contribution is 2.16. The molecule has 1 rings (SSSR count). The molecule has 0 aliphatic rings. The van der Waals surface area contributed by atoms with Crippen LogP contribution in [0, 0.1) is 0 Å². The molecule has 0 fully saturated rings. The van der Waals surface area contributed by atoms with Gasteiger partial charge in [-0.2, -0.15) is 0 Å². The standard InChI is InChI=1S/C15H26N2O2S/c1-5-17(10-11-20(18,19)15(2,3)4)12-13-6-8-14(16)9-7-13/h6-9H,5,10-12,16H2,1-4H3. The Morgan fingerprint density at radius 3 is 2.15 bits per heavy atom. The number of hydrogen-bond donors (Lipinski definition) is 1. The number of nitrogens with two attached hydrogens (primary N) is 1. The zero-order chi connectivity index (χ0) is 15.4. The van der Waals surface area contributed by atoms with Gasteiger partial charge in [0.25, 0.3) is 0 Å². The number of nitrogen functional groups attached to an aromatic ring is 1. The van der Waals surface area contributed by atoms with E-state index in [2.05, 4.69) is 4.90 Å². The minimum Gasteiger partial charge on any atom is -0.399 e. The van der Waals surface area contributed by atoms with Gasteiger partial charge in [0.2, 0.25) is 0 Å². The first-order chi connectivity index (χ1) is 9.15. The van der Waals surface area contributed by atoms with Crippen molar-refractivity contribution in [2.45, 2.75) is 39.0 Å². The molecule has 2 N–H and O–H groups in total.